The molecule has 0 fully saturated rings. The third-order valence-corrected chi connectivity index (χ3v) is 6.01. The minimum atomic E-state index is -4.82. The minimum Gasteiger partial charge on any atom is -0.255 e. The van der Waals surface area contributed by atoms with Crippen LogP contribution in [0.15, 0.2) is 53.6 Å². The van der Waals surface area contributed by atoms with Crippen LogP contribution in [0.4, 0.5) is 31.5 Å². The number of benzene rings is 1. The maximum absolute atomic E-state index is 13.3. The molecule has 0 bridgehead atoms. The van der Waals surface area contributed by atoms with Gasteiger partial charge in [0.1, 0.15) is 10.6 Å². The monoisotopic (exact) mass is 453 g/mol. The summed E-state index contributed by atoms with van der Waals surface area (Å²) in [5, 5.41) is -0.599. The minimum absolute atomic E-state index is 0.0438. The molecule has 1 aromatic carbocycles. The van der Waals surface area contributed by atoms with E-state index in [1.54, 1.807) is 0 Å². The molecule has 0 atom stereocenters. The summed E-state index contributed by atoms with van der Waals surface area (Å²) in [5.74, 6) is 0. The van der Waals surface area contributed by atoms with Gasteiger partial charge in [-0.2, -0.15) is 26.3 Å². The number of alkyl halides is 6. The van der Waals surface area contributed by atoms with Gasteiger partial charge in [0.15, 0.2) is 5.13 Å². The molecule has 3 rings (SSSR count). The van der Waals surface area contributed by atoms with Crippen molar-refractivity contribution in [3.63, 3.8) is 0 Å². The summed E-state index contributed by atoms with van der Waals surface area (Å²) < 4.78 is 104. The molecule has 3 aromatic rings. The van der Waals surface area contributed by atoms with Crippen LogP contribution >= 0.6 is 11.3 Å². The summed E-state index contributed by atoms with van der Waals surface area (Å²) in [6, 6.07) is 6.70. The molecule has 0 amide bonds. The Bertz CT molecular complexity index is 1110. The molecule has 0 saturated heterocycles. The molecule has 0 aliphatic carbocycles. The van der Waals surface area contributed by atoms with Gasteiger partial charge >= 0.3 is 12.4 Å². The van der Waals surface area contributed by atoms with Crippen LogP contribution in [-0.2, 0) is 22.4 Å². The van der Waals surface area contributed by atoms with E-state index in [0.717, 1.165) is 0 Å². The smallest absolute Gasteiger partial charge is 0.255 e. The molecule has 0 radical (unpaired) electrons. The number of anilines is 1. The van der Waals surface area contributed by atoms with Crippen LogP contribution in [0.2, 0.25) is 0 Å². The SMILES string of the molecule is O=S(=O)(Nc1nc(-c2ccccn2)c(C(F)(F)F)s1)c1ccc(C(F)(F)F)cc1. The maximum atomic E-state index is 13.3. The van der Waals surface area contributed by atoms with E-state index in [1.165, 1.54) is 24.4 Å². The molecule has 1 N–H and O–H groups in total. The van der Waals surface area contributed by atoms with Gasteiger partial charge < -0.3 is 0 Å². The molecule has 0 aliphatic heterocycles. The second kappa shape index (κ2) is 7.30. The van der Waals surface area contributed by atoms with Crippen molar-refractivity contribution in [2.45, 2.75) is 17.2 Å². The first kappa shape index (κ1) is 21.0. The standard InChI is InChI=1S/C16H9F6N3O2S2/c17-15(18,19)9-4-6-10(7-5-9)29(26,27)25-14-24-12(11-3-1-2-8-23-11)13(28-14)16(20,21)22/h1-8H,(H,24,25). The van der Waals surface area contributed by atoms with Gasteiger partial charge in [-0.15, -0.1) is 0 Å². The molecule has 0 saturated carbocycles. The molecule has 0 aliphatic rings. The Morgan fingerprint density at radius 2 is 1.55 bits per heavy atom. The number of aromatic nitrogens is 2. The van der Waals surface area contributed by atoms with Crippen molar-refractivity contribution in [1.82, 2.24) is 9.97 Å². The molecule has 5 nitrogen and oxygen atoms in total. The lowest BCUT2D eigenvalue weighted by Gasteiger charge is -2.08. The number of thiazole rings is 1. The Balaban J connectivity index is 1.96. The van der Waals surface area contributed by atoms with Crippen molar-refractivity contribution in [2.75, 3.05) is 4.72 Å². The number of pyridine rings is 1. The number of rotatable bonds is 4. The van der Waals surface area contributed by atoms with E-state index in [-0.39, 0.29) is 17.0 Å². The van der Waals surface area contributed by atoms with Crippen molar-refractivity contribution in [3.05, 3.63) is 59.1 Å². The van der Waals surface area contributed by atoms with Crippen molar-refractivity contribution >= 4 is 26.5 Å². The highest BCUT2D eigenvalue weighted by Gasteiger charge is 2.38. The lowest BCUT2D eigenvalue weighted by atomic mass is 10.2. The fourth-order valence-corrected chi connectivity index (χ4v) is 4.31. The zero-order valence-corrected chi connectivity index (χ0v) is 15.5. The molecular formula is C16H9F6N3O2S2. The molecule has 2 aromatic heterocycles. The first-order valence-electron chi connectivity index (χ1n) is 7.57. The average molecular weight is 453 g/mol. The Kier molecular flexibility index (Phi) is 5.30. The number of nitrogens with zero attached hydrogens (tertiary/aromatic N) is 2. The van der Waals surface area contributed by atoms with Gasteiger partial charge in [0.25, 0.3) is 10.0 Å². The topological polar surface area (TPSA) is 72.0 Å². The Morgan fingerprint density at radius 3 is 2.07 bits per heavy atom. The molecule has 0 unspecified atom stereocenters. The van der Waals surface area contributed by atoms with E-state index >= 15 is 0 Å². The van der Waals surface area contributed by atoms with Gasteiger partial charge in [-0.05, 0) is 36.4 Å². The quantitative estimate of drug-likeness (QED) is 0.562. The van der Waals surface area contributed by atoms with E-state index in [2.05, 4.69) is 9.97 Å². The summed E-state index contributed by atoms with van der Waals surface area (Å²) in [5.41, 5.74) is -1.74. The second-order valence-corrected chi connectivity index (χ2v) is 8.22. The zero-order chi connectivity index (χ0) is 21.4. The number of nitrogens with one attached hydrogen (secondary N) is 1. The van der Waals surface area contributed by atoms with E-state index in [9.17, 15) is 34.8 Å². The molecule has 2 heterocycles. The van der Waals surface area contributed by atoms with E-state index in [0.29, 0.717) is 24.3 Å². The van der Waals surface area contributed by atoms with Gasteiger partial charge in [0.05, 0.1) is 16.2 Å². The van der Waals surface area contributed by atoms with Crippen LogP contribution in [0.25, 0.3) is 11.4 Å². The lowest BCUT2D eigenvalue weighted by Crippen LogP contribution is -2.13. The van der Waals surface area contributed by atoms with Crippen molar-refractivity contribution in [3.8, 4) is 11.4 Å². The lowest BCUT2D eigenvalue weighted by molar-refractivity contribution is -0.137. The van der Waals surface area contributed by atoms with Gasteiger partial charge in [-0.1, -0.05) is 17.4 Å². The van der Waals surface area contributed by atoms with E-state index < -0.39 is 48.5 Å². The normalized spacial score (nSPS) is 12.8. The first-order chi connectivity index (χ1) is 13.4. The van der Waals surface area contributed by atoms with Crippen LogP contribution in [0, 0.1) is 0 Å². The first-order valence-corrected chi connectivity index (χ1v) is 9.87. The summed E-state index contributed by atoms with van der Waals surface area (Å²) in [7, 11) is -4.46. The highest BCUT2D eigenvalue weighted by atomic mass is 32.2. The van der Waals surface area contributed by atoms with Gasteiger partial charge in [0, 0.05) is 6.20 Å². The largest absolute Gasteiger partial charge is 0.427 e. The van der Waals surface area contributed by atoms with Gasteiger partial charge in [0.2, 0.25) is 0 Å². The van der Waals surface area contributed by atoms with Gasteiger partial charge in [-0.25, -0.2) is 13.4 Å². The third-order valence-electron chi connectivity index (χ3n) is 3.51. The summed E-state index contributed by atoms with van der Waals surface area (Å²) in [4.78, 5) is 5.74. The highest BCUT2D eigenvalue weighted by Crippen LogP contribution is 2.42. The second-order valence-electron chi connectivity index (χ2n) is 5.54. The Hall–Kier alpha value is -2.67. The predicted octanol–water partition coefficient (Wildman–Crippen LogP) is 5.04. The Labute approximate surface area is 164 Å². The fourth-order valence-electron chi connectivity index (χ4n) is 2.23. The van der Waals surface area contributed by atoms with Crippen LogP contribution in [0.5, 0.6) is 0 Å². The van der Waals surface area contributed by atoms with Gasteiger partial charge in [-0.3, -0.25) is 9.71 Å². The maximum Gasteiger partial charge on any atom is 0.427 e. The predicted molar refractivity (Wildman–Crippen MR) is 92.6 cm³/mol. The van der Waals surface area contributed by atoms with E-state index in [4.69, 9.17) is 0 Å². The molecule has 29 heavy (non-hydrogen) atoms. The Morgan fingerprint density at radius 1 is 0.897 bits per heavy atom. The number of hydrogen-bond acceptors (Lipinski definition) is 5. The average Bonchev–Trinajstić information content (AvgIpc) is 3.05. The summed E-state index contributed by atoms with van der Waals surface area (Å²) >= 11 is 0.0438. The number of halogens is 6. The molecule has 0 spiro atoms. The van der Waals surface area contributed by atoms with Crippen LogP contribution in [0.1, 0.15) is 10.4 Å². The molecule has 13 heteroatoms. The highest BCUT2D eigenvalue weighted by molar-refractivity contribution is 7.93. The molecule has 154 valence electrons. The third kappa shape index (κ3) is 4.67. The van der Waals surface area contributed by atoms with E-state index in [1.807, 2.05) is 4.72 Å². The zero-order valence-electron chi connectivity index (χ0n) is 13.9. The van der Waals surface area contributed by atoms with Crippen molar-refractivity contribution in [1.29, 1.82) is 0 Å². The number of sulfonamides is 1. The number of hydrogen-bond donors (Lipinski definition) is 1. The fraction of sp³-hybridized carbons (Fsp3) is 0.125. The summed E-state index contributed by atoms with van der Waals surface area (Å²) in [6.07, 6.45) is -8.23. The molecular weight excluding hydrogens is 444 g/mol. The summed E-state index contributed by atoms with van der Waals surface area (Å²) in [6.45, 7) is 0. The van der Waals surface area contributed by atoms with Crippen LogP contribution < -0.4 is 4.72 Å². The van der Waals surface area contributed by atoms with Crippen molar-refractivity contribution in [2.24, 2.45) is 0 Å². The van der Waals surface area contributed by atoms with Crippen LogP contribution in [-0.4, -0.2) is 18.4 Å². The van der Waals surface area contributed by atoms with Crippen molar-refractivity contribution < 1.29 is 34.8 Å². The van der Waals surface area contributed by atoms with Crippen LogP contribution in [0.3, 0.4) is 0 Å².